The molecule has 142 valence electrons. The maximum absolute atomic E-state index is 12.7. The minimum Gasteiger partial charge on any atom is -0.356 e. The number of rotatable bonds is 3. The van der Waals surface area contributed by atoms with E-state index in [1.807, 2.05) is 6.92 Å². The zero-order valence-electron chi connectivity index (χ0n) is 16.0. The summed E-state index contributed by atoms with van der Waals surface area (Å²) in [7, 11) is 0. The fourth-order valence-electron chi connectivity index (χ4n) is 4.52. The molecule has 0 aromatic carbocycles. The molecule has 0 unspecified atom stereocenters. The van der Waals surface area contributed by atoms with Crippen LogP contribution in [-0.2, 0) is 4.79 Å². The average molecular weight is 358 g/mol. The molecule has 3 aliphatic rings. The Morgan fingerprint density at radius 2 is 1.58 bits per heavy atom. The van der Waals surface area contributed by atoms with E-state index in [-0.39, 0.29) is 5.92 Å². The fraction of sp³-hybridized carbons (Fsp3) is 0.750. The molecule has 3 heterocycles. The van der Waals surface area contributed by atoms with Crippen LogP contribution in [0, 0.1) is 12.8 Å². The highest BCUT2D eigenvalue weighted by molar-refractivity contribution is 5.79. The lowest BCUT2D eigenvalue weighted by Crippen LogP contribution is -2.51. The second-order valence-corrected chi connectivity index (χ2v) is 8.01. The SMILES string of the molecule is Cc1cc(N2CCCC2)nc(N2CCN(C(=O)C3CCCCC3)CC2)n1. The van der Waals surface area contributed by atoms with Gasteiger partial charge in [-0.3, -0.25) is 4.79 Å². The van der Waals surface area contributed by atoms with E-state index < -0.39 is 0 Å². The first-order valence-corrected chi connectivity index (χ1v) is 10.3. The Morgan fingerprint density at radius 1 is 0.885 bits per heavy atom. The summed E-state index contributed by atoms with van der Waals surface area (Å²) in [4.78, 5) is 28.9. The third-order valence-electron chi connectivity index (χ3n) is 6.09. The van der Waals surface area contributed by atoms with Crippen LogP contribution in [0.1, 0.15) is 50.6 Å². The Morgan fingerprint density at radius 3 is 2.27 bits per heavy atom. The Kier molecular flexibility index (Phi) is 5.27. The van der Waals surface area contributed by atoms with E-state index in [1.165, 1.54) is 32.1 Å². The number of hydrogen-bond donors (Lipinski definition) is 0. The number of carbonyl (C=O) groups excluding carboxylic acids is 1. The van der Waals surface area contributed by atoms with Gasteiger partial charge in [-0.2, -0.15) is 4.98 Å². The van der Waals surface area contributed by atoms with E-state index in [0.717, 1.165) is 69.6 Å². The number of piperazine rings is 1. The summed E-state index contributed by atoms with van der Waals surface area (Å²) in [5, 5.41) is 0. The van der Waals surface area contributed by atoms with Crippen LogP contribution in [0.25, 0.3) is 0 Å². The molecule has 0 N–H and O–H groups in total. The van der Waals surface area contributed by atoms with Crippen molar-refractivity contribution in [3.8, 4) is 0 Å². The lowest BCUT2D eigenvalue weighted by Gasteiger charge is -2.37. The summed E-state index contributed by atoms with van der Waals surface area (Å²) < 4.78 is 0. The zero-order chi connectivity index (χ0) is 17.9. The first-order chi connectivity index (χ1) is 12.7. The van der Waals surface area contributed by atoms with Gasteiger partial charge < -0.3 is 14.7 Å². The van der Waals surface area contributed by atoms with Crippen molar-refractivity contribution < 1.29 is 4.79 Å². The molecule has 1 aromatic heterocycles. The molecule has 1 amide bonds. The van der Waals surface area contributed by atoms with E-state index >= 15 is 0 Å². The van der Waals surface area contributed by atoms with Crippen LogP contribution < -0.4 is 9.80 Å². The van der Waals surface area contributed by atoms with Crippen LogP contribution in [0.4, 0.5) is 11.8 Å². The number of hydrogen-bond acceptors (Lipinski definition) is 5. The molecule has 1 aliphatic carbocycles. The van der Waals surface area contributed by atoms with Crippen LogP contribution >= 0.6 is 0 Å². The number of aromatic nitrogens is 2. The number of anilines is 2. The summed E-state index contributed by atoms with van der Waals surface area (Å²) in [6.45, 7) is 7.51. The molecule has 0 radical (unpaired) electrons. The second kappa shape index (κ2) is 7.80. The van der Waals surface area contributed by atoms with Gasteiger partial charge in [-0.15, -0.1) is 0 Å². The smallest absolute Gasteiger partial charge is 0.227 e. The number of carbonyl (C=O) groups is 1. The molecule has 2 saturated heterocycles. The van der Waals surface area contributed by atoms with Gasteiger partial charge in [0.2, 0.25) is 11.9 Å². The van der Waals surface area contributed by atoms with E-state index in [1.54, 1.807) is 0 Å². The van der Waals surface area contributed by atoms with Crippen LogP contribution in [0.15, 0.2) is 6.07 Å². The molecular weight excluding hydrogens is 326 g/mol. The van der Waals surface area contributed by atoms with Gasteiger partial charge in [0.05, 0.1) is 0 Å². The third kappa shape index (κ3) is 3.79. The highest BCUT2D eigenvalue weighted by atomic mass is 16.2. The summed E-state index contributed by atoms with van der Waals surface area (Å²) in [5.74, 6) is 2.54. The molecule has 3 fully saturated rings. The lowest BCUT2D eigenvalue weighted by atomic mass is 9.88. The van der Waals surface area contributed by atoms with Crippen molar-refractivity contribution in [1.82, 2.24) is 14.9 Å². The van der Waals surface area contributed by atoms with Crippen molar-refractivity contribution in [1.29, 1.82) is 0 Å². The van der Waals surface area contributed by atoms with Gasteiger partial charge in [0.1, 0.15) is 5.82 Å². The van der Waals surface area contributed by atoms with Crippen LogP contribution in [0.2, 0.25) is 0 Å². The van der Waals surface area contributed by atoms with Gasteiger partial charge >= 0.3 is 0 Å². The first-order valence-electron chi connectivity index (χ1n) is 10.3. The fourth-order valence-corrected chi connectivity index (χ4v) is 4.52. The minimum absolute atomic E-state index is 0.271. The summed E-state index contributed by atoms with van der Waals surface area (Å²) in [6, 6.07) is 2.09. The van der Waals surface area contributed by atoms with Crippen molar-refractivity contribution in [2.45, 2.75) is 51.9 Å². The molecule has 26 heavy (non-hydrogen) atoms. The normalized spacial score (nSPS) is 22.1. The molecule has 1 saturated carbocycles. The van der Waals surface area contributed by atoms with Gasteiger partial charge in [0.25, 0.3) is 0 Å². The second-order valence-electron chi connectivity index (χ2n) is 8.01. The minimum atomic E-state index is 0.271. The van der Waals surface area contributed by atoms with E-state index in [9.17, 15) is 4.79 Å². The molecule has 4 rings (SSSR count). The zero-order valence-corrected chi connectivity index (χ0v) is 16.0. The molecule has 0 spiro atoms. The van der Waals surface area contributed by atoms with Gasteiger partial charge in [-0.25, -0.2) is 4.98 Å². The van der Waals surface area contributed by atoms with E-state index in [0.29, 0.717) is 5.91 Å². The van der Waals surface area contributed by atoms with Crippen molar-refractivity contribution in [3.05, 3.63) is 11.8 Å². The lowest BCUT2D eigenvalue weighted by molar-refractivity contribution is -0.136. The third-order valence-corrected chi connectivity index (χ3v) is 6.09. The average Bonchev–Trinajstić information content (AvgIpc) is 3.23. The Balaban J connectivity index is 1.39. The van der Waals surface area contributed by atoms with Crippen molar-refractivity contribution in [2.75, 3.05) is 49.1 Å². The van der Waals surface area contributed by atoms with Gasteiger partial charge in [-0.1, -0.05) is 19.3 Å². The highest BCUT2D eigenvalue weighted by Crippen LogP contribution is 2.26. The molecule has 2 aliphatic heterocycles. The largest absolute Gasteiger partial charge is 0.356 e. The van der Waals surface area contributed by atoms with Gasteiger partial charge in [0.15, 0.2) is 0 Å². The van der Waals surface area contributed by atoms with Crippen molar-refractivity contribution in [2.24, 2.45) is 5.92 Å². The first kappa shape index (κ1) is 17.6. The Hall–Kier alpha value is -1.85. The number of aryl methyl sites for hydroxylation is 1. The summed E-state index contributed by atoms with van der Waals surface area (Å²) >= 11 is 0. The van der Waals surface area contributed by atoms with Gasteiger partial charge in [0, 0.05) is 56.9 Å². The Bertz CT molecular complexity index is 629. The monoisotopic (exact) mass is 357 g/mol. The molecule has 6 heteroatoms. The maximum atomic E-state index is 12.7. The summed E-state index contributed by atoms with van der Waals surface area (Å²) in [6.07, 6.45) is 8.39. The predicted octanol–water partition coefficient (Wildman–Crippen LogP) is 2.61. The number of amides is 1. The standard InChI is InChI=1S/C20H31N5O/c1-16-15-18(23-9-5-6-10-23)22-20(21-16)25-13-11-24(12-14-25)19(26)17-7-3-2-4-8-17/h15,17H,2-14H2,1H3. The summed E-state index contributed by atoms with van der Waals surface area (Å²) in [5.41, 5.74) is 1.03. The maximum Gasteiger partial charge on any atom is 0.227 e. The predicted molar refractivity (Wildman–Crippen MR) is 104 cm³/mol. The topological polar surface area (TPSA) is 52.6 Å². The molecule has 6 nitrogen and oxygen atoms in total. The molecule has 1 aromatic rings. The molecular formula is C20H31N5O. The highest BCUT2D eigenvalue weighted by Gasteiger charge is 2.29. The quantitative estimate of drug-likeness (QED) is 0.832. The van der Waals surface area contributed by atoms with Crippen LogP contribution in [0.5, 0.6) is 0 Å². The van der Waals surface area contributed by atoms with Crippen LogP contribution in [0.3, 0.4) is 0 Å². The van der Waals surface area contributed by atoms with Gasteiger partial charge in [-0.05, 0) is 32.6 Å². The molecule has 0 atom stereocenters. The van der Waals surface area contributed by atoms with Crippen molar-refractivity contribution >= 4 is 17.7 Å². The van der Waals surface area contributed by atoms with E-state index in [4.69, 9.17) is 4.98 Å². The van der Waals surface area contributed by atoms with E-state index in [2.05, 4.69) is 25.8 Å². The Labute approximate surface area is 156 Å². The number of nitrogens with zero attached hydrogens (tertiary/aromatic N) is 5. The van der Waals surface area contributed by atoms with Crippen molar-refractivity contribution in [3.63, 3.8) is 0 Å². The molecule has 0 bridgehead atoms. The van der Waals surface area contributed by atoms with Crippen LogP contribution in [-0.4, -0.2) is 60.0 Å².